The Kier molecular flexibility index (Phi) is 7.97. The Morgan fingerprint density at radius 2 is 1.00 bits per heavy atom. The van der Waals surface area contributed by atoms with Crippen LogP contribution in [0.3, 0.4) is 0 Å². The van der Waals surface area contributed by atoms with E-state index in [1.807, 2.05) is 0 Å². The first-order valence-electron chi connectivity index (χ1n) is 12.2. The van der Waals surface area contributed by atoms with Gasteiger partial charge in [0.15, 0.2) is 5.41 Å². The molecule has 0 bridgehead atoms. The summed E-state index contributed by atoms with van der Waals surface area (Å²) in [5.41, 5.74) is -2.20. The average Bonchev–Trinajstić information content (AvgIpc) is 2.55. The van der Waals surface area contributed by atoms with Crippen molar-refractivity contribution in [2.24, 2.45) is 5.41 Å². The summed E-state index contributed by atoms with van der Waals surface area (Å²) < 4.78 is 12.1. The molecule has 33 heavy (non-hydrogen) atoms. The zero-order valence-electron chi connectivity index (χ0n) is 22.1. The van der Waals surface area contributed by atoms with Gasteiger partial charge in [0.1, 0.15) is 12.2 Å². The first kappa shape index (κ1) is 27.6. The van der Waals surface area contributed by atoms with E-state index in [0.29, 0.717) is 25.7 Å². The van der Waals surface area contributed by atoms with Gasteiger partial charge in [-0.25, -0.2) is 0 Å². The number of carbonyl (C=O) groups is 2. The van der Waals surface area contributed by atoms with Gasteiger partial charge >= 0.3 is 11.9 Å². The first-order valence-corrected chi connectivity index (χ1v) is 12.2. The van der Waals surface area contributed by atoms with E-state index in [4.69, 9.17) is 9.47 Å². The lowest BCUT2D eigenvalue weighted by Crippen LogP contribution is -2.61. The minimum atomic E-state index is -1.47. The van der Waals surface area contributed by atoms with Crippen molar-refractivity contribution in [3.05, 3.63) is 25.3 Å². The van der Waals surface area contributed by atoms with Gasteiger partial charge in [-0.1, -0.05) is 12.2 Å². The van der Waals surface area contributed by atoms with E-state index >= 15 is 0 Å². The van der Waals surface area contributed by atoms with Crippen LogP contribution in [0, 0.1) is 5.41 Å². The molecule has 188 valence electrons. The summed E-state index contributed by atoms with van der Waals surface area (Å²) >= 11 is 0. The summed E-state index contributed by atoms with van der Waals surface area (Å²) in [6.45, 7) is 24.4. The number of nitrogens with one attached hydrogen (secondary N) is 2. The zero-order valence-corrected chi connectivity index (χ0v) is 22.1. The highest BCUT2D eigenvalue weighted by atomic mass is 16.6. The van der Waals surface area contributed by atoms with Crippen molar-refractivity contribution >= 4 is 11.9 Å². The van der Waals surface area contributed by atoms with Crippen molar-refractivity contribution in [2.45, 2.75) is 128 Å². The Balaban J connectivity index is 2.27. The lowest BCUT2D eigenvalue weighted by molar-refractivity contribution is -0.182. The van der Waals surface area contributed by atoms with Crippen molar-refractivity contribution in [3.63, 3.8) is 0 Å². The normalized spacial score (nSPS) is 24.5. The Bertz CT molecular complexity index is 670. The number of ether oxygens (including phenoxy) is 2. The van der Waals surface area contributed by atoms with Crippen molar-refractivity contribution in [2.75, 3.05) is 0 Å². The van der Waals surface area contributed by atoms with Crippen molar-refractivity contribution in [1.82, 2.24) is 10.6 Å². The predicted octanol–water partition coefficient (Wildman–Crippen LogP) is 4.83. The van der Waals surface area contributed by atoms with Gasteiger partial charge in [-0.2, -0.15) is 0 Å². The topological polar surface area (TPSA) is 76.7 Å². The van der Waals surface area contributed by atoms with Crippen LogP contribution in [0.4, 0.5) is 0 Å². The molecule has 0 spiro atoms. The zero-order chi connectivity index (χ0) is 25.3. The number of esters is 2. The fourth-order valence-electron chi connectivity index (χ4n) is 6.15. The maximum absolute atomic E-state index is 13.6. The number of carbonyl (C=O) groups excluding carboxylic acids is 2. The van der Waals surface area contributed by atoms with E-state index in [9.17, 15) is 9.59 Å². The Labute approximate surface area is 200 Å². The molecule has 0 radical (unpaired) electrons. The molecule has 2 aliphatic rings. The second kappa shape index (κ2) is 9.53. The van der Waals surface area contributed by atoms with E-state index in [1.165, 1.54) is 0 Å². The summed E-state index contributed by atoms with van der Waals surface area (Å²) in [5, 5.41) is 7.19. The molecule has 0 aromatic carbocycles. The first-order chi connectivity index (χ1) is 14.9. The SMILES string of the molecule is C=CCC(CC=C)(C(=O)OC1CC(C)(C)NC(C)(C)C1)C(=O)OC1CC(C)(C)NC(C)(C)C1. The molecule has 0 aromatic heterocycles. The van der Waals surface area contributed by atoms with E-state index in [1.54, 1.807) is 12.2 Å². The maximum Gasteiger partial charge on any atom is 0.324 e. The molecule has 2 heterocycles. The van der Waals surface area contributed by atoms with Crippen LogP contribution in [-0.4, -0.2) is 46.3 Å². The van der Waals surface area contributed by atoms with Crippen molar-refractivity contribution in [3.8, 4) is 0 Å². The molecule has 0 unspecified atom stereocenters. The molecule has 2 fully saturated rings. The molecule has 6 heteroatoms. The molecule has 2 N–H and O–H groups in total. The lowest BCUT2D eigenvalue weighted by atomic mass is 9.78. The fourth-order valence-corrected chi connectivity index (χ4v) is 6.15. The quantitative estimate of drug-likeness (QED) is 0.306. The molecule has 2 aliphatic heterocycles. The minimum Gasteiger partial charge on any atom is -0.461 e. The number of hydrogen-bond acceptors (Lipinski definition) is 6. The molecular formula is C27H46N2O4. The van der Waals surface area contributed by atoms with Crippen molar-refractivity contribution < 1.29 is 19.1 Å². The van der Waals surface area contributed by atoms with Crippen LogP contribution in [0.15, 0.2) is 25.3 Å². The van der Waals surface area contributed by atoms with Gasteiger partial charge in [0, 0.05) is 47.8 Å². The largest absolute Gasteiger partial charge is 0.461 e. The number of piperidine rings is 2. The highest BCUT2D eigenvalue weighted by Crippen LogP contribution is 2.38. The summed E-state index contributed by atoms with van der Waals surface area (Å²) in [4.78, 5) is 27.2. The summed E-state index contributed by atoms with van der Waals surface area (Å²) in [5.74, 6) is -1.09. The van der Waals surface area contributed by atoms with Crippen molar-refractivity contribution in [1.29, 1.82) is 0 Å². The highest BCUT2D eigenvalue weighted by Gasteiger charge is 2.51. The number of allylic oxidation sites excluding steroid dienone is 2. The van der Waals surface area contributed by atoms with Gasteiger partial charge in [0.05, 0.1) is 0 Å². The number of rotatable bonds is 8. The van der Waals surface area contributed by atoms with Gasteiger partial charge < -0.3 is 20.1 Å². The lowest BCUT2D eigenvalue weighted by Gasteiger charge is -2.47. The Morgan fingerprint density at radius 1 is 0.727 bits per heavy atom. The van der Waals surface area contributed by atoms with Crippen LogP contribution in [0.5, 0.6) is 0 Å². The average molecular weight is 463 g/mol. The number of hydrogen-bond donors (Lipinski definition) is 2. The van der Waals surface area contributed by atoms with Crippen LogP contribution in [0.2, 0.25) is 0 Å². The van der Waals surface area contributed by atoms with Crippen LogP contribution in [0.25, 0.3) is 0 Å². The Hall–Kier alpha value is -1.66. The van der Waals surface area contributed by atoms with Crippen LogP contribution < -0.4 is 10.6 Å². The third kappa shape index (κ3) is 7.16. The van der Waals surface area contributed by atoms with E-state index in [2.05, 4.69) is 79.2 Å². The van der Waals surface area contributed by atoms with Gasteiger partial charge in [0.2, 0.25) is 0 Å². The smallest absolute Gasteiger partial charge is 0.324 e. The van der Waals surface area contributed by atoms with E-state index in [-0.39, 0.29) is 47.2 Å². The fraction of sp³-hybridized carbons (Fsp3) is 0.778. The van der Waals surface area contributed by atoms with Crippen LogP contribution >= 0.6 is 0 Å². The summed E-state index contributed by atoms with van der Waals surface area (Å²) in [7, 11) is 0. The van der Waals surface area contributed by atoms with Gasteiger partial charge in [0.25, 0.3) is 0 Å². The van der Waals surface area contributed by atoms with Gasteiger partial charge in [-0.15, -0.1) is 13.2 Å². The van der Waals surface area contributed by atoms with Gasteiger partial charge in [-0.05, 0) is 68.2 Å². The minimum absolute atomic E-state index is 0.145. The molecule has 0 saturated carbocycles. The molecular weight excluding hydrogens is 416 g/mol. The second-order valence-electron chi connectivity index (χ2n) is 12.7. The van der Waals surface area contributed by atoms with E-state index in [0.717, 1.165) is 0 Å². The molecule has 0 amide bonds. The summed E-state index contributed by atoms with van der Waals surface area (Å²) in [6.07, 6.45) is 5.59. The maximum atomic E-state index is 13.6. The van der Waals surface area contributed by atoms with Crippen LogP contribution in [0.1, 0.15) is 93.9 Å². The molecule has 2 rings (SSSR count). The monoisotopic (exact) mass is 462 g/mol. The second-order valence-corrected chi connectivity index (χ2v) is 12.7. The summed E-state index contributed by atoms with van der Waals surface area (Å²) in [6, 6.07) is 0. The third-order valence-electron chi connectivity index (χ3n) is 6.62. The molecule has 0 atom stereocenters. The molecule has 6 nitrogen and oxygen atoms in total. The molecule has 0 aliphatic carbocycles. The van der Waals surface area contributed by atoms with Crippen LogP contribution in [-0.2, 0) is 19.1 Å². The van der Waals surface area contributed by atoms with Gasteiger partial charge in [-0.3, -0.25) is 9.59 Å². The highest BCUT2D eigenvalue weighted by molar-refractivity contribution is 6.00. The molecule has 0 aromatic rings. The standard InChI is InChI=1S/C27H46N2O4/c1-11-13-27(14-12-2,21(30)32-19-15-23(3,4)28-24(5,6)16-19)22(31)33-20-17-25(7,8)29-26(9,10)18-20/h11-12,19-20,28-29H,1-2,13-18H2,3-10H3. The predicted molar refractivity (Wildman–Crippen MR) is 133 cm³/mol. The third-order valence-corrected chi connectivity index (χ3v) is 6.62. The molecule has 2 saturated heterocycles. The Morgan fingerprint density at radius 3 is 1.24 bits per heavy atom. The van der Waals surface area contributed by atoms with E-state index < -0.39 is 17.4 Å².